The number of carbonyl (C=O) groups excluding carboxylic acids is 1. The smallest absolute Gasteiger partial charge is 0.255 e. The Labute approximate surface area is 135 Å². The van der Waals surface area contributed by atoms with E-state index in [9.17, 15) is 4.79 Å². The highest BCUT2D eigenvalue weighted by atomic mass is 35.5. The zero-order valence-electron chi connectivity index (χ0n) is 12.9. The van der Waals surface area contributed by atoms with E-state index in [4.69, 9.17) is 26.8 Å². The molecule has 1 amide bonds. The maximum absolute atomic E-state index is 12.4. The van der Waals surface area contributed by atoms with Crippen molar-refractivity contribution in [2.45, 2.75) is 13.0 Å². The van der Waals surface area contributed by atoms with Crippen molar-refractivity contribution in [1.82, 2.24) is 10.2 Å². The lowest BCUT2D eigenvalue weighted by Gasteiger charge is -2.29. The summed E-state index contributed by atoms with van der Waals surface area (Å²) in [7, 11) is 1.50. The third-order valence-electron chi connectivity index (χ3n) is 3.58. The fourth-order valence-electron chi connectivity index (χ4n) is 2.43. The third kappa shape index (κ3) is 4.25. The van der Waals surface area contributed by atoms with Gasteiger partial charge in [0.2, 0.25) is 0 Å². The minimum Gasteiger partial charge on any atom is -0.496 e. The van der Waals surface area contributed by atoms with Crippen molar-refractivity contribution in [2.24, 2.45) is 0 Å². The molecule has 1 aromatic rings. The lowest BCUT2D eigenvalue weighted by Crippen LogP contribution is -2.46. The first kappa shape index (κ1) is 16.9. The summed E-state index contributed by atoms with van der Waals surface area (Å²) in [5, 5.41) is 3.30. The average molecular weight is 328 g/mol. The highest BCUT2D eigenvalue weighted by Gasteiger charge is 2.19. The molecule has 0 bridgehead atoms. The van der Waals surface area contributed by atoms with Gasteiger partial charge >= 0.3 is 0 Å². The number of anilines is 1. The van der Waals surface area contributed by atoms with Crippen molar-refractivity contribution in [2.75, 3.05) is 45.7 Å². The molecule has 1 fully saturated rings. The van der Waals surface area contributed by atoms with Gasteiger partial charge in [0, 0.05) is 31.7 Å². The van der Waals surface area contributed by atoms with Gasteiger partial charge in [-0.3, -0.25) is 9.69 Å². The fraction of sp³-hybridized carbons (Fsp3) is 0.533. The highest BCUT2D eigenvalue weighted by Crippen LogP contribution is 2.28. The second-order valence-corrected chi connectivity index (χ2v) is 5.77. The van der Waals surface area contributed by atoms with Gasteiger partial charge < -0.3 is 20.5 Å². The number of nitrogens with two attached hydrogens (primary N) is 1. The molecular weight excluding hydrogens is 306 g/mol. The summed E-state index contributed by atoms with van der Waals surface area (Å²) >= 11 is 6.00. The number of methoxy groups -OCH3 is 1. The molecule has 1 heterocycles. The van der Waals surface area contributed by atoms with E-state index >= 15 is 0 Å². The molecule has 3 N–H and O–H groups in total. The van der Waals surface area contributed by atoms with Gasteiger partial charge in [-0.05, 0) is 13.0 Å². The summed E-state index contributed by atoms with van der Waals surface area (Å²) in [6.07, 6.45) is 0. The lowest BCUT2D eigenvalue weighted by atomic mass is 10.1. The molecule has 2 rings (SSSR count). The molecule has 7 heteroatoms. The van der Waals surface area contributed by atoms with E-state index in [0.717, 1.165) is 32.8 Å². The first-order valence-corrected chi connectivity index (χ1v) is 7.63. The number of amides is 1. The molecule has 22 heavy (non-hydrogen) atoms. The van der Waals surface area contributed by atoms with Crippen molar-refractivity contribution < 1.29 is 14.3 Å². The number of halogens is 1. The van der Waals surface area contributed by atoms with Crippen LogP contribution in [0, 0.1) is 0 Å². The monoisotopic (exact) mass is 327 g/mol. The standard InChI is InChI=1S/C15H22ClN3O3/c1-10(9-19-3-5-22-6-4-19)18-15(20)11-7-12(16)13(17)8-14(11)21-2/h7-8,10H,3-6,9,17H2,1-2H3,(H,18,20). The molecule has 0 saturated carbocycles. The van der Waals surface area contributed by atoms with Gasteiger partial charge in [-0.25, -0.2) is 0 Å². The van der Waals surface area contributed by atoms with E-state index in [1.54, 1.807) is 6.07 Å². The zero-order valence-corrected chi connectivity index (χ0v) is 13.7. The van der Waals surface area contributed by atoms with Crippen molar-refractivity contribution in [3.05, 3.63) is 22.7 Å². The van der Waals surface area contributed by atoms with Crippen LogP contribution in [0.15, 0.2) is 12.1 Å². The molecule has 0 spiro atoms. The number of morpholine rings is 1. The van der Waals surface area contributed by atoms with Crippen LogP contribution in [-0.2, 0) is 4.74 Å². The van der Waals surface area contributed by atoms with Crippen LogP contribution in [0.25, 0.3) is 0 Å². The normalized spacial score (nSPS) is 17.0. The summed E-state index contributed by atoms with van der Waals surface area (Å²) in [6.45, 7) is 6.00. The molecule has 1 aliphatic heterocycles. The summed E-state index contributed by atoms with van der Waals surface area (Å²) in [4.78, 5) is 14.7. The maximum Gasteiger partial charge on any atom is 0.255 e. The number of rotatable bonds is 5. The molecule has 122 valence electrons. The Hall–Kier alpha value is -1.50. The van der Waals surface area contributed by atoms with Crippen LogP contribution < -0.4 is 15.8 Å². The van der Waals surface area contributed by atoms with Gasteiger partial charge in [-0.2, -0.15) is 0 Å². The molecule has 0 radical (unpaired) electrons. The van der Waals surface area contributed by atoms with Crippen LogP contribution in [0.2, 0.25) is 5.02 Å². The number of nitrogens with one attached hydrogen (secondary N) is 1. The van der Waals surface area contributed by atoms with Gasteiger partial charge in [-0.15, -0.1) is 0 Å². The van der Waals surface area contributed by atoms with E-state index in [2.05, 4.69) is 10.2 Å². The van der Waals surface area contributed by atoms with Crippen molar-refractivity contribution >= 4 is 23.2 Å². The Morgan fingerprint density at radius 2 is 2.18 bits per heavy atom. The Morgan fingerprint density at radius 3 is 2.82 bits per heavy atom. The molecule has 0 aliphatic carbocycles. The number of hydrogen-bond donors (Lipinski definition) is 2. The fourth-order valence-corrected chi connectivity index (χ4v) is 2.60. The molecule has 1 saturated heterocycles. The Bertz CT molecular complexity index is 533. The SMILES string of the molecule is COc1cc(N)c(Cl)cc1C(=O)NC(C)CN1CCOCC1. The molecular formula is C15H22ClN3O3. The summed E-state index contributed by atoms with van der Waals surface area (Å²) < 4.78 is 10.5. The Kier molecular flexibility index (Phi) is 5.88. The van der Waals surface area contributed by atoms with E-state index in [0.29, 0.717) is 22.0 Å². The highest BCUT2D eigenvalue weighted by molar-refractivity contribution is 6.33. The van der Waals surface area contributed by atoms with Crippen LogP contribution in [0.3, 0.4) is 0 Å². The summed E-state index contributed by atoms with van der Waals surface area (Å²) in [5.74, 6) is 0.192. The van der Waals surface area contributed by atoms with Crippen molar-refractivity contribution in [3.8, 4) is 5.75 Å². The Morgan fingerprint density at radius 1 is 1.50 bits per heavy atom. The van der Waals surface area contributed by atoms with Crippen LogP contribution in [0.4, 0.5) is 5.69 Å². The molecule has 1 atom stereocenters. The number of benzene rings is 1. The number of nitrogens with zero attached hydrogens (tertiary/aromatic N) is 1. The van der Waals surface area contributed by atoms with Crippen LogP contribution in [0.1, 0.15) is 17.3 Å². The van der Waals surface area contributed by atoms with Crippen LogP contribution >= 0.6 is 11.6 Å². The van der Waals surface area contributed by atoms with E-state index in [1.807, 2.05) is 6.92 Å². The average Bonchev–Trinajstić information content (AvgIpc) is 2.50. The molecule has 1 aliphatic rings. The molecule has 0 aromatic heterocycles. The number of hydrogen-bond acceptors (Lipinski definition) is 5. The topological polar surface area (TPSA) is 76.8 Å². The van der Waals surface area contributed by atoms with E-state index in [-0.39, 0.29) is 11.9 Å². The van der Waals surface area contributed by atoms with E-state index < -0.39 is 0 Å². The predicted octanol–water partition coefficient (Wildman–Crippen LogP) is 1.38. The second-order valence-electron chi connectivity index (χ2n) is 5.36. The summed E-state index contributed by atoms with van der Waals surface area (Å²) in [6, 6.07) is 3.10. The minimum absolute atomic E-state index is 0.00614. The van der Waals surface area contributed by atoms with Crippen LogP contribution in [-0.4, -0.2) is 56.8 Å². The molecule has 6 nitrogen and oxygen atoms in total. The zero-order chi connectivity index (χ0) is 16.1. The largest absolute Gasteiger partial charge is 0.496 e. The molecule has 1 unspecified atom stereocenters. The lowest BCUT2D eigenvalue weighted by molar-refractivity contribution is 0.0342. The first-order chi connectivity index (χ1) is 10.5. The first-order valence-electron chi connectivity index (χ1n) is 7.25. The number of ether oxygens (including phenoxy) is 2. The minimum atomic E-state index is -0.223. The van der Waals surface area contributed by atoms with Crippen molar-refractivity contribution in [1.29, 1.82) is 0 Å². The van der Waals surface area contributed by atoms with Gasteiger partial charge in [0.05, 0.1) is 36.6 Å². The summed E-state index contributed by atoms with van der Waals surface area (Å²) in [5.41, 5.74) is 6.50. The quantitative estimate of drug-likeness (QED) is 0.799. The predicted molar refractivity (Wildman–Crippen MR) is 86.6 cm³/mol. The van der Waals surface area contributed by atoms with Gasteiger partial charge in [-0.1, -0.05) is 11.6 Å². The number of carbonyl (C=O) groups is 1. The van der Waals surface area contributed by atoms with Gasteiger partial charge in [0.25, 0.3) is 5.91 Å². The third-order valence-corrected chi connectivity index (χ3v) is 3.90. The van der Waals surface area contributed by atoms with Crippen molar-refractivity contribution in [3.63, 3.8) is 0 Å². The molecule has 1 aromatic carbocycles. The maximum atomic E-state index is 12.4. The Balaban J connectivity index is 2.00. The number of nitrogen functional groups attached to an aromatic ring is 1. The van der Waals surface area contributed by atoms with Crippen LogP contribution in [0.5, 0.6) is 5.75 Å². The van der Waals surface area contributed by atoms with Gasteiger partial charge in [0.1, 0.15) is 5.75 Å². The second kappa shape index (κ2) is 7.67. The van der Waals surface area contributed by atoms with E-state index in [1.165, 1.54) is 13.2 Å². The van der Waals surface area contributed by atoms with Gasteiger partial charge in [0.15, 0.2) is 0 Å².